The van der Waals surface area contributed by atoms with Gasteiger partial charge in [-0.05, 0) is 49.7 Å². The summed E-state index contributed by atoms with van der Waals surface area (Å²) in [4.78, 5) is 18.3. The maximum absolute atomic E-state index is 12.7. The van der Waals surface area contributed by atoms with E-state index in [1.165, 1.54) is 23.3 Å². The van der Waals surface area contributed by atoms with E-state index in [1.807, 2.05) is 6.26 Å². The highest BCUT2D eigenvalue weighted by molar-refractivity contribution is 7.98. The van der Waals surface area contributed by atoms with Gasteiger partial charge in [-0.1, -0.05) is 0 Å². The lowest BCUT2D eigenvalue weighted by atomic mass is 9.97. The molecule has 0 atom stereocenters. The summed E-state index contributed by atoms with van der Waals surface area (Å²) in [6.07, 6.45) is 6.62. The van der Waals surface area contributed by atoms with E-state index in [9.17, 15) is 4.79 Å². The summed E-state index contributed by atoms with van der Waals surface area (Å²) in [7, 11) is 0. The topological polar surface area (TPSA) is 37.8 Å². The molecule has 3 nitrogen and oxygen atoms in total. The molecule has 0 spiro atoms. The fourth-order valence-electron chi connectivity index (χ4n) is 2.66. The molecular formula is C13H16N2OS3. The van der Waals surface area contributed by atoms with Gasteiger partial charge in [0.25, 0.3) is 5.56 Å². The van der Waals surface area contributed by atoms with Gasteiger partial charge in [0.05, 0.1) is 5.39 Å². The molecular weight excluding hydrogens is 296 g/mol. The third-order valence-electron chi connectivity index (χ3n) is 3.61. The third-order valence-corrected chi connectivity index (χ3v) is 5.74. The number of thiophene rings is 1. The van der Waals surface area contributed by atoms with Crippen molar-refractivity contribution in [3.63, 3.8) is 0 Å². The molecule has 0 amide bonds. The lowest BCUT2D eigenvalue weighted by molar-refractivity contribution is 0.693. The molecule has 0 aromatic carbocycles. The van der Waals surface area contributed by atoms with Gasteiger partial charge in [-0.15, -0.1) is 11.3 Å². The Morgan fingerprint density at radius 1 is 1.42 bits per heavy atom. The van der Waals surface area contributed by atoms with Gasteiger partial charge in [0.15, 0.2) is 4.77 Å². The first kappa shape index (κ1) is 13.4. The van der Waals surface area contributed by atoms with E-state index < -0.39 is 0 Å². The SMILES string of the molecule is CSCCn1c(=S)[nH]c2sc3c(c2c1=O)CCCC3. The number of aryl methyl sites for hydroxylation is 2. The average Bonchev–Trinajstić information content (AvgIpc) is 2.76. The van der Waals surface area contributed by atoms with E-state index in [-0.39, 0.29) is 5.56 Å². The highest BCUT2D eigenvalue weighted by Crippen LogP contribution is 2.33. The Labute approximate surface area is 125 Å². The zero-order valence-electron chi connectivity index (χ0n) is 10.8. The van der Waals surface area contributed by atoms with Gasteiger partial charge in [0.1, 0.15) is 4.83 Å². The highest BCUT2D eigenvalue weighted by Gasteiger charge is 2.19. The molecule has 1 aliphatic carbocycles. The Balaban J connectivity index is 2.24. The summed E-state index contributed by atoms with van der Waals surface area (Å²) in [6.45, 7) is 0.690. The van der Waals surface area contributed by atoms with Gasteiger partial charge in [-0.25, -0.2) is 0 Å². The Kier molecular flexibility index (Phi) is 3.82. The van der Waals surface area contributed by atoms with Gasteiger partial charge in [-0.2, -0.15) is 11.8 Å². The molecule has 0 saturated carbocycles. The van der Waals surface area contributed by atoms with Crippen LogP contribution < -0.4 is 5.56 Å². The minimum absolute atomic E-state index is 0.104. The largest absolute Gasteiger partial charge is 0.323 e. The molecule has 2 aromatic heterocycles. The second-order valence-electron chi connectivity index (χ2n) is 4.79. The second-order valence-corrected chi connectivity index (χ2v) is 7.27. The maximum atomic E-state index is 12.7. The van der Waals surface area contributed by atoms with Crippen LogP contribution in [0.1, 0.15) is 23.3 Å². The predicted molar refractivity (Wildman–Crippen MR) is 86.3 cm³/mol. The van der Waals surface area contributed by atoms with Crippen LogP contribution in [0.4, 0.5) is 0 Å². The molecule has 0 bridgehead atoms. The molecule has 3 rings (SSSR count). The highest BCUT2D eigenvalue weighted by atomic mass is 32.2. The van der Waals surface area contributed by atoms with E-state index in [2.05, 4.69) is 4.98 Å². The number of hydrogen-bond acceptors (Lipinski definition) is 4. The quantitative estimate of drug-likeness (QED) is 0.883. The molecule has 102 valence electrons. The first-order valence-electron chi connectivity index (χ1n) is 6.48. The van der Waals surface area contributed by atoms with Gasteiger partial charge in [0.2, 0.25) is 0 Å². The van der Waals surface area contributed by atoms with E-state index >= 15 is 0 Å². The predicted octanol–water partition coefficient (Wildman–Crippen LogP) is 3.36. The molecule has 2 aromatic rings. The van der Waals surface area contributed by atoms with Crippen molar-refractivity contribution in [1.82, 2.24) is 9.55 Å². The first-order valence-corrected chi connectivity index (χ1v) is 9.10. The van der Waals surface area contributed by atoms with E-state index in [1.54, 1.807) is 27.7 Å². The van der Waals surface area contributed by atoms with Crippen molar-refractivity contribution in [2.45, 2.75) is 32.2 Å². The van der Waals surface area contributed by atoms with Crippen LogP contribution in [0.2, 0.25) is 0 Å². The van der Waals surface area contributed by atoms with E-state index in [0.717, 1.165) is 28.8 Å². The summed E-state index contributed by atoms with van der Waals surface area (Å²) < 4.78 is 2.28. The number of thioether (sulfide) groups is 1. The molecule has 0 fully saturated rings. The van der Waals surface area contributed by atoms with Crippen LogP contribution in [-0.4, -0.2) is 21.6 Å². The van der Waals surface area contributed by atoms with Crippen molar-refractivity contribution < 1.29 is 0 Å². The zero-order chi connectivity index (χ0) is 13.4. The Hall–Kier alpha value is -0.590. The molecule has 0 radical (unpaired) electrons. The van der Waals surface area contributed by atoms with Crippen molar-refractivity contribution >= 4 is 45.5 Å². The first-order chi connectivity index (χ1) is 9.22. The van der Waals surface area contributed by atoms with Crippen LogP contribution >= 0.6 is 35.3 Å². The number of fused-ring (bicyclic) bond motifs is 3. The zero-order valence-corrected chi connectivity index (χ0v) is 13.3. The van der Waals surface area contributed by atoms with Crippen molar-refractivity contribution in [3.05, 3.63) is 25.6 Å². The summed E-state index contributed by atoms with van der Waals surface area (Å²) in [5.41, 5.74) is 1.38. The van der Waals surface area contributed by atoms with Crippen LogP contribution in [0, 0.1) is 4.77 Å². The Bertz CT molecular complexity index is 726. The van der Waals surface area contributed by atoms with Crippen LogP contribution in [-0.2, 0) is 19.4 Å². The minimum Gasteiger partial charge on any atom is -0.323 e. The van der Waals surface area contributed by atoms with Crippen LogP contribution in [0.3, 0.4) is 0 Å². The smallest absolute Gasteiger partial charge is 0.263 e. The van der Waals surface area contributed by atoms with Crippen LogP contribution in [0.25, 0.3) is 10.2 Å². The lowest BCUT2D eigenvalue weighted by Gasteiger charge is -2.10. The molecule has 2 heterocycles. The minimum atomic E-state index is 0.104. The molecule has 0 unspecified atom stereocenters. The Morgan fingerprint density at radius 3 is 3.00 bits per heavy atom. The molecule has 0 aliphatic heterocycles. The molecule has 19 heavy (non-hydrogen) atoms. The summed E-state index contributed by atoms with van der Waals surface area (Å²) >= 11 is 8.78. The van der Waals surface area contributed by atoms with Crippen LogP contribution in [0.15, 0.2) is 4.79 Å². The number of nitrogens with one attached hydrogen (secondary N) is 1. The van der Waals surface area contributed by atoms with Gasteiger partial charge in [0, 0.05) is 17.2 Å². The lowest BCUT2D eigenvalue weighted by Crippen LogP contribution is -2.23. The normalized spacial score (nSPS) is 14.8. The van der Waals surface area contributed by atoms with Crippen molar-refractivity contribution in [2.75, 3.05) is 12.0 Å². The average molecular weight is 312 g/mol. The summed E-state index contributed by atoms with van der Waals surface area (Å²) in [6, 6.07) is 0. The van der Waals surface area contributed by atoms with Crippen LogP contribution in [0.5, 0.6) is 0 Å². The molecule has 1 N–H and O–H groups in total. The van der Waals surface area contributed by atoms with Crippen molar-refractivity contribution in [2.24, 2.45) is 0 Å². The summed E-state index contributed by atoms with van der Waals surface area (Å²) in [5, 5.41) is 0.898. The fourth-order valence-corrected chi connectivity index (χ4v) is 4.64. The van der Waals surface area contributed by atoms with Gasteiger partial charge >= 0.3 is 0 Å². The van der Waals surface area contributed by atoms with E-state index in [0.29, 0.717) is 11.3 Å². The maximum Gasteiger partial charge on any atom is 0.263 e. The number of aromatic nitrogens is 2. The third kappa shape index (κ3) is 2.30. The second kappa shape index (κ2) is 5.42. The van der Waals surface area contributed by atoms with E-state index in [4.69, 9.17) is 12.2 Å². The Morgan fingerprint density at radius 2 is 2.21 bits per heavy atom. The molecule has 6 heteroatoms. The standard InChI is InChI=1S/C13H16N2OS3/c1-18-7-6-15-12(16)10-8-4-2-3-5-9(8)19-11(10)14-13(15)17/h2-7H2,1H3,(H,14,17). The number of aromatic amines is 1. The van der Waals surface area contributed by atoms with Crippen molar-refractivity contribution in [1.29, 1.82) is 0 Å². The van der Waals surface area contributed by atoms with Gasteiger partial charge in [-0.3, -0.25) is 9.36 Å². The van der Waals surface area contributed by atoms with Crippen molar-refractivity contribution in [3.8, 4) is 0 Å². The summed E-state index contributed by atoms with van der Waals surface area (Å²) in [5.74, 6) is 0.912. The fraction of sp³-hybridized carbons (Fsp3) is 0.538. The molecule has 0 saturated heterocycles. The number of rotatable bonds is 3. The number of nitrogens with zero attached hydrogens (tertiary/aromatic N) is 1. The van der Waals surface area contributed by atoms with Gasteiger partial charge < -0.3 is 4.98 Å². The number of hydrogen-bond donors (Lipinski definition) is 1. The number of H-pyrrole nitrogens is 1. The monoisotopic (exact) mass is 312 g/mol. The molecule has 1 aliphatic rings.